The molecule has 0 atom stereocenters. The molecule has 1 aliphatic heterocycles. The lowest BCUT2D eigenvalue weighted by molar-refractivity contribution is 0.0532. The van der Waals surface area contributed by atoms with Crippen LogP contribution in [0.2, 0.25) is 0 Å². The van der Waals surface area contributed by atoms with Crippen LogP contribution in [0.3, 0.4) is 0 Å². The van der Waals surface area contributed by atoms with Crippen molar-refractivity contribution >= 4 is 35.6 Å². The number of aromatic nitrogens is 1. The fraction of sp³-hybridized carbons (Fsp3) is 0.312. The molecule has 1 aromatic heterocycles. The van der Waals surface area contributed by atoms with E-state index < -0.39 is 0 Å². The maximum atomic E-state index is 12.4. The summed E-state index contributed by atoms with van der Waals surface area (Å²) >= 11 is 1.40. The van der Waals surface area contributed by atoms with Gasteiger partial charge in [-0.15, -0.1) is 23.7 Å². The van der Waals surface area contributed by atoms with E-state index in [1.807, 2.05) is 30.3 Å². The molecule has 0 aliphatic carbocycles. The van der Waals surface area contributed by atoms with Gasteiger partial charge in [0, 0.05) is 43.7 Å². The van der Waals surface area contributed by atoms with E-state index in [1.165, 1.54) is 11.3 Å². The van der Waals surface area contributed by atoms with E-state index in [2.05, 4.69) is 4.98 Å². The quantitative estimate of drug-likeness (QED) is 0.895. The third-order valence-electron chi connectivity index (χ3n) is 3.82. The number of benzene rings is 1. The van der Waals surface area contributed by atoms with Crippen molar-refractivity contribution in [1.29, 1.82) is 0 Å². The van der Waals surface area contributed by atoms with Crippen LogP contribution in [-0.4, -0.2) is 52.8 Å². The Balaban J connectivity index is 0.00000208. The van der Waals surface area contributed by atoms with Crippen LogP contribution < -0.4 is 5.73 Å². The predicted octanol–water partition coefficient (Wildman–Crippen LogP) is 1.62. The second kappa shape index (κ2) is 8.23. The second-order valence-corrected chi connectivity index (χ2v) is 6.22. The number of nitrogens with two attached hydrogens (primary N) is 1. The summed E-state index contributed by atoms with van der Waals surface area (Å²) in [5.74, 6) is -0.0791. The molecule has 2 heterocycles. The Labute approximate surface area is 150 Å². The van der Waals surface area contributed by atoms with Crippen molar-refractivity contribution in [3.63, 3.8) is 0 Å². The van der Waals surface area contributed by atoms with Crippen molar-refractivity contribution in [3.05, 3.63) is 52.0 Å². The Morgan fingerprint density at radius 3 is 2.17 bits per heavy atom. The van der Waals surface area contributed by atoms with Gasteiger partial charge in [-0.05, 0) is 12.1 Å². The molecule has 0 radical (unpaired) electrons. The highest BCUT2D eigenvalue weighted by molar-refractivity contribution is 7.09. The number of rotatable bonds is 3. The third-order valence-corrected chi connectivity index (χ3v) is 4.69. The molecule has 6 nitrogen and oxygen atoms in total. The van der Waals surface area contributed by atoms with E-state index in [0.29, 0.717) is 44.0 Å². The Hall–Kier alpha value is -1.96. The SMILES string of the molecule is Cl.NCc1nc(C(=O)N2CCN(C(=O)c3ccccc3)CC2)cs1. The van der Waals surface area contributed by atoms with E-state index in [0.717, 1.165) is 5.01 Å². The van der Waals surface area contributed by atoms with Crippen molar-refractivity contribution in [3.8, 4) is 0 Å². The summed E-state index contributed by atoms with van der Waals surface area (Å²) in [7, 11) is 0. The van der Waals surface area contributed by atoms with E-state index in [9.17, 15) is 9.59 Å². The van der Waals surface area contributed by atoms with Crippen LogP contribution in [-0.2, 0) is 6.54 Å². The van der Waals surface area contributed by atoms with E-state index >= 15 is 0 Å². The van der Waals surface area contributed by atoms with Crippen LogP contribution >= 0.6 is 23.7 Å². The molecule has 24 heavy (non-hydrogen) atoms. The van der Waals surface area contributed by atoms with Crippen LogP contribution in [0.4, 0.5) is 0 Å². The molecule has 1 aliphatic rings. The molecule has 3 rings (SSSR count). The monoisotopic (exact) mass is 366 g/mol. The van der Waals surface area contributed by atoms with Gasteiger partial charge in [-0.25, -0.2) is 4.98 Å². The van der Waals surface area contributed by atoms with Crippen molar-refractivity contribution in [1.82, 2.24) is 14.8 Å². The summed E-state index contributed by atoms with van der Waals surface area (Å²) in [5.41, 5.74) is 6.65. The van der Waals surface area contributed by atoms with E-state index in [-0.39, 0.29) is 24.2 Å². The predicted molar refractivity (Wildman–Crippen MR) is 95.5 cm³/mol. The number of carbonyl (C=O) groups excluding carboxylic acids is 2. The fourth-order valence-corrected chi connectivity index (χ4v) is 3.19. The zero-order valence-electron chi connectivity index (χ0n) is 13.1. The molecule has 2 N–H and O–H groups in total. The zero-order valence-corrected chi connectivity index (χ0v) is 14.7. The minimum Gasteiger partial charge on any atom is -0.335 e. The first kappa shape index (κ1) is 18.4. The molecule has 8 heteroatoms. The van der Waals surface area contributed by atoms with Gasteiger partial charge in [-0.1, -0.05) is 18.2 Å². The highest BCUT2D eigenvalue weighted by atomic mass is 35.5. The molecule has 0 unspecified atom stereocenters. The number of hydrogen-bond donors (Lipinski definition) is 1. The Bertz CT molecular complexity index is 699. The fourth-order valence-electron chi connectivity index (χ4n) is 2.54. The molecule has 1 aromatic carbocycles. The summed E-state index contributed by atoms with van der Waals surface area (Å²) in [6.07, 6.45) is 0. The first-order valence-electron chi connectivity index (χ1n) is 7.47. The van der Waals surface area contributed by atoms with Crippen LogP contribution in [0.25, 0.3) is 0 Å². The molecule has 1 fully saturated rings. The van der Waals surface area contributed by atoms with Crippen LogP contribution in [0.1, 0.15) is 25.9 Å². The molecule has 0 spiro atoms. The molecule has 128 valence electrons. The number of piperazine rings is 1. The number of amides is 2. The van der Waals surface area contributed by atoms with Crippen LogP contribution in [0.15, 0.2) is 35.7 Å². The molecule has 0 bridgehead atoms. The van der Waals surface area contributed by atoms with Crippen LogP contribution in [0, 0.1) is 0 Å². The first-order valence-corrected chi connectivity index (χ1v) is 8.35. The maximum absolute atomic E-state index is 12.4. The Morgan fingerprint density at radius 1 is 1.04 bits per heavy atom. The summed E-state index contributed by atoms with van der Waals surface area (Å²) in [5, 5.41) is 2.50. The number of hydrogen-bond acceptors (Lipinski definition) is 5. The summed E-state index contributed by atoms with van der Waals surface area (Å²) < 4.78 is 0. The molecule has 0 saturated carbocycles. The van der Waals surface area contributed by atoms with Gasteiger partial charge >= 0.3 is 0 Å². The lowest BCUT2D eigenvalue weighted by atomic mass is 10.2. The first-order chi connectivity index (χ1) is 11.2. The summed E-state index contributed by atoms with van der Waals surface area (Å²) in [6, 6.07) is 9.21. The van der Waals surface area contributed by atoms with Crippen molar-refractivity contribution in [2.45, 2.75) is 6.54 Å². The van der Waals surface area contributed by atoms with Gasteiger partial charge in [0.1, 0.15) is 10.7 Å². The van der Waals surface area contributed by atoms with Gasteiger partial charge in [-0.2, -0.15) is 0 Å². The minimum absolute atomic E-state index is 0. The van der Waals surface area contributed by atoms with Gasteiger partial charge in [0.05, 0.1) is 0 Å². The van der Waals surface area contributed by atoms with E-state index in [4.69, 9.17) is 5.73 Å². The lowest BCUT2D eigenvalue weighted by Crippen LogP contribution is -2.50. The molecular formula is C16H19ClN4O2S. The average Bonchev–Trinajstić information content (AvgIpc) is 3.10. The van der Waals surface area contributed by atoms with Gasteiger partial charge in [0.2, 0.25) is 0 Å². The summed E-state index contributed by atoms with van der Waals surface area (Å²) in [6.45, 7) is 2.46. The number of thiazole rings is 1. The Kier molecular flexibility index (Phi) is 6.30. The largest absolute Gasteiger partial charge is 0.335 e. The third kappa shape index (κ3) is 3.92. The van der Waals surface area contributed by atoms with Crippen molar-refractivity contribution in [2.75, 3.05) is 26.2 Å². The van der Waals surface area contributed by atoms with Gasteiger partial charge in [-0.3, -0.25) is 9.59 Å². The lowest BCUT2D eigenvalue weighted by Gasteiger charge is -2.34. The van der Waals surface area contributed by atoms with Crippen molar-refractivity contribution in [2.24, 2.45) is 5.73 Å². The average molecular weight is 367 g/mol. The Morgan fingerprint density at radius 2 is 1.62 bits per heavy atom. The number of carbonyl (C=O) groups is 2. The van der Waals surface area contributed by atoms with Crippen LogP contribution in [0.5, 0.6) is 0 Å². The molecule has 1 saturated heterocycles. The smallest absolute Gasteiger partial charge is 0.273 e. The highest BCUT2D eigenvalue weighted by Crippen LogP contribution is 2.14. The summed E-state index contributed by atoms with van der Waals surface area (Å²) in [4.78, 5) is 32.5. The normalized spacial score (nSPS) is 14.2. The highest BCUT2D eigenvalue weighted by Gasteiger charge is 2.26. The zero-order chi connectivity index (χ0) is 16.2. The number of nitrogens with zero attached hydrogens (tertiary/aromatic N) is 3. The minimum atomic E-state index is -0.0900. The molecular weight excluding hydrogens is 348 g/mol. The maximum Gasteiger partial charge on any atom is 0.273 e. The van der Waals surface area contributed by atoms with Gasteiger partial charge in [0.15, 0.2) is 0 Å². The molecule has 2 aromatic rings. The van der Waals surface area contributed by atoms with Crippen molar-refractivity contribution < 1.29 is 9.59 Å². The molecule has 2 amide bonds. The van der Waals surface area contributed by atoms with E-state index in [1.54, 1.807) is 15.2 Å². The second-order valence-electron chi connectivity index (χ2n) is 5.28. The topological polar surface area (TPSA) is 79.5 Å². The van der Waals surface area contributed by atoms with Gasteiger partial charge in [0.25, 0.3) is 11.8 Å². The van der Waals surface area contributed by atoms with Gasteiger partial charge < -0.3 is 15.5 Å². The number of halogens is 1. The standard InChI is InChI=1S/C16H18N4O2S.ClH/c17-10-14-18-13(11-23-14)16(22)20-8-6-19(7-9-20)15(21)12-4-2-1-3-5-12;/h1-5,11H,6-10,17H2;1H.